The SMILES string of the molecule is CC(C)CNC(=S)NCC1CC2CCN1CC2c1cc(-c2ccco2)nn1C. The van der Waals surface area contributed by atoms with E-state index >= 15 is 0 Å². The average Bonchev–Trinajstić information content (AvgIpc) is 3.34. The zero-order valence-corrected chi connectivity index (χ0v) is 17.8. The van der Waals surface area contributed by atoms with Gasteiger partial charge >= 0.3 is 0 Å². The van der Waals surface area contributed by atoms with E-state index in [2.05, 4.69) is 42.5 Å². The zero-order chi connectivity index (χ0) is 19.7. The van der Waals surface area contributed by atoms with Gasteiger partial charge in [-0.05, 0) is 61.6 Å². The molecule has 3 fully saturated rings. The van der Waals surface area contributed by atoms with Crippen LogP contribution in [0.5, 0.6) is 0 Å². The Morgan fingerprint density at radius 1 is 1.39 bits per heavy atom. The van der Waals surface area contributed by atoms with E-state index in [0.29, 0.717) is 23.8 Å². The fourth-order valence-electron chi connectivity index (χ4n) is 4.63. The minimum Gasteiger partial charge on any atom is -0.463 e. The van der Waals surface area contributed by atoms with Gasteiger partial charge in [0.15, 0.2) is 10.9 Å². The highest BCUT2D eigenvalue weighted by molar-refractivity contribution is 7.80. The van der Waals surface area contributed by atoms with E-state index in [1.54, 1.807) is 6.26 Å². The van der Waals surface area contributed by atoms with Gasteiger partial charge in [0.25, 0.3) is 0 Å². The summed E-state index contributed by atoms with van der Waals surface area (Å²) in [5.74, 6) is 2.68. The number of aromatic nitrogens is 2. The second-order valence-electron chi connectivity index (χ2n) is 8.58. The molecule has 2 N–H and O–H groups in total. The Morgan fingerprint density at radius 2 is 2.25 bits per heavy atom. The third kappa shape index (κ3) is 4.10. The Labute approximate surface area is 172 Å². The van der Waals surface area contributed by atoms with Crippen LogP contribution < -0.4 is 10.6 Å². The number of hydrogen-bond acceptors (Lipinski definition) is 4. The lowest BCUT2D eigenvalue weighted by Gasteiger charge is -2.50. The molecule has 28 heavy (non-hydrogen) atoms. The molecule has 2 aromatic heterocycles. The number of nitrogens with zero attached hydrogens (tertiary/aromatic N) is 3. The highest BCUT2D eigenvalue weighted by Gasteiger charge is 2.41. The number of rotatable bonds is 6. The number of furan rings is 1. The van der Waals surface area contributed by atoms with Gasteiger partial charge in [-0.1, -0.05) is 13.8 Å². The smallest absolute Gasteiger partial charge is 0.166 e. The van der Waals surface area contributed by atoms with Crippen molar-refractivity contribution in [2.24, 2.45) is 18.9 Å². The van der Waals surface area contributed by atoms with E-state index in [0.717, 1.165) is 36.2 Å². The first kappa shape index (κ1) is 19.5. The monoisotopic (exact) mass is 401 g/mol. The van der Waals surface area contributed by atoms with Crippen LogP contribution in [0.4, 0.5) is 0 Å². The number of aryl methyl sites for hydroxylation is 1. The van der Waals surface area contributed by atoms with Crippen molar-refractivity contribution in [2.45, 2.75) is 38.6 Å². The highest BCUT2D eigenvalue weighted by Crippen LogP contribution is 2.42. The predicted octanol–water partition coefficient (Wildman–Crippen LogP) is 2.98. The van der Waals surface area contributed by atoms with E-state index < -0.39 is 0 Å². The molecule has 0 aromatic carbocycles. The van der Waals surface area contributed by atoms with Gasteiger partial charge in [-0.25, -0.2) is 0 Å². The number of piperidine rings is 3. The van der Waals surface area contributed by atoms with Gasteiger partial charge in [0.2, 0.25) is 0 Å². The summed E-state index contributed by atoms with van der Waals surface area (Å²) in [6, 6.07) is 6.66. The van der Waals surface area contributed by atoms with Crippen molar-refractivity contribution in [1.82, 2.24) is 25.3 Å². The molecular formula is C21H31N5OS. The summed E-state index contributed by atoms with van der Waals surface area (Å²) in [6.07, 6.45) is 4.18. The Balaban J connectivity index is 1.37. The van der Waals surface area contributed by atoms with Crippen molar-refractivity contribution in [3.05, 3.63) is 30.2 Å². The van der Waals surface area contributed by atoms with Crippen LogP contribution in [0.1, 0.15) is 38.3 Å². The first-order valence-electron chi connectivity index (χ1n) is 10.3. The lowest BCUT2D eigenvalue weighted by atomic mass is 9.74. The topological polar surface area (TPSA) is 58.3 Å². The van der Waals surface area contributed by atoms with Crippen LogP contribution in [0, 0.1) is 11.8 Å². The number of fused-ring (bicyclic) bond motifs is 3. The largest absolute Gasteiger partial charge is 0.463 e. The van der Waals surface area contributed by atoms with Crippen molar-refractivity contribution < 1.29 is 4.42 Å². The van der Waals surface area contributed by atoms with Gasteiger partial charge in [-0.2, -0.15) is 5.10 Å². The molecule has 3 saturated heterocycles. The molecule has 0 amide bonds. The number of nitrogens with one attached hydrogen (secondary N) is 2. The lowest BCUT2D eigenvalue weighted by Crippen LogP contribution is -2.56. The van der Waals surface area contributed by atoms with Crippen molar-refractivity contribution in [1.29, 1.82) is 0 Å². The Bertz CT molecular complexity index is 800. The second kappa shape index (κ2) is 8.25. The van der Waals surface area contributed by atoms with Gasteiger partial charge < -0.3 is 15.1 Å². The predicted molar refractivity (Wildman–Crippen MR) is 115 cm³/mol. The fraction of sp³-hybridized carbons (Fsp3) is 0.619. The van der Waals surface area contributed by atoms with E-state index in [1.807, 2.05) is 16.8 Å². The summed E-state index contributed by atoms with van der Waals surface area (Å²) in [7, 11) is 2.05. The quantitative estimate of drug-likeness (QED) is 0.726. The standard InChI is InChI=1S/C21H31N5OS/c1-14(2)11-22-21(28)23-12-16-9-15-6-7-26(16)13-17(15)19-10-18(24-25(19)3)20-5-4-8-27-20/h4-5,8,10,14-17H,6-7,9,11-13H2,1-3H3,(H2,22,23,28). The normalized spacial score (nSPS) is 26.6. The van der Waals surface area contributed by atoms with Gasteiger partial charge in [0, 0.05) is 44.3 Å². The Kier molecular flexibility index (Phi) is 5.73. The van der Waals surface area contributed by atoms with Gasteiger partial charge in [0.05, 0.1) is 6.26 Å². The molecular weight excluding hydrogens is 370 g/mol. The summed E-state index contributed by atoms with van der Waals surface area (Å²) in [5.41, 5.74) is 2.25. The maximum Gasteiger partial charge on any atom is 0.166 e. The maximum absolute atomic E-state index is 5.53. The maximum atomic E-state index is 5.53. The van der Waals surface area contributed by atoms with Crippen LogP contribution in [-0.2, 0) is 7.05 Å². The Hall–Kier alpha value is -1.86. The molecule has 0 saturated carbocycles. The van der Waals surface area contributed by atoms with Crippen molar-refractivity contribution >= 4 is 17.3 Å². The molecule has 5 rings (SSSR count). The van der Waals surface area contributed by atoms with Crippen molar-refractivity contribution in [3.63, 3.8) is 0 Å². The molecule has 5 heterocycles. The van der Waals surface area contributed by atoms with Crippen LogP contribution in [0.2, 0.25) is 0 Å². The summed E-state index contributed by atoms with van der Waals surface area (Å²) < 4.78 is 7.57. The van der Waals surface area contributed by atoms with Crippen LogP contribution in [0.25, 0.3) is 11.5 Å². The summed E-state index contributed by atoms with van der Waals surface area (Å²) in [5, 5.41) is 12.2. The highest BCUT2D eigenvalue weighted by atomic mass is 32.1. The molecule has 7 heteroatoms. The molecule has 0 radical (unpaired) electrons. The average molecular weight is 402 g/mol. The number of thiocarbonyl (C=S) groups is 1. The molecule has 4 atom stereocenters. The van der Waals surface area contributed by atoms with Crippen LogP contribution in [0.15, 0.2) is 28.9 Å². The minimum atomic E-state index is 0.539. The fourth-order valence-corrected chi connectivity index (χ4v) is 4.80. The zero-order valence-electron chi connectivity index (χ0n) is 17.0. The molecule has 2 bridgehead atoms. The molecule has 6 nitrogen and oxygen atoms in total. The molecule has 152 valence electrons. The summed E-state index contributed by atoms with van der Waals surface area (Å²) >= 11 is 5.42. The van der Waals surface area contributed by atoms with Gasteiger partial charge in [-0.15, -0.1) is 0 Å². The van der Waals surface area contributed by atoms with E-state index in [-0.39, 0.29) is 0 Å². The van der Waals surface area contributed by atoms with Crippen molar-refractivity contribution in [2.75, 3.05) is 26.2 Å². The molecule has 3 aliphatic rings. The van der Waals surface area contributed by atoms with Crippen molar-refractivity contribution in [3.8, 4) is 11.5 Å². The first-order valence-corrected chi connectivity index (χ1v) is 10.8. The molecule has 3 aliphatic heterocycles. The van der Waals surface area contributed by atoms with E-state index in [1.165, 1.54) is 25.1 Å². The van der Waals surface area contributed by atoms with Crippen LogP contribution in [-0.4, -0.2) is 52.0 Å². The molecule has 0 aliphatic carbocycles. The Morgan fingerprint density at radius 3 is 2.93 bits per heavy atom. The minimum absolute atomic E-state index is 0.539. The van der Waals surface area contributed by atoms with Gasteiger partial charge in [0.1, 0.15) is 5.69 Å². The lowest BCUT2D eigenvalue weighted by molar-refractivity contribution is 0.0303. The summed E-state index contributed by atoms with van der Waals surface area (Å²) in [4.78, 5) is 2.63. The van der Waals surface area contributed by atoms with Crippen LogP contribution >= 0.6 is 12.2 Å². The van der Waals surface area contributed by atoms with E-state index in [4.69, 9.17) is 21.7 Å². The van der Waals surface area contributed by atoms with Crippen LogP contribution in [0.3, 0.4) is 0 Å². The number of hydrogen-bond donors (Lipinski definition) is 2. The molecule has 0 spiro atoms. The summed E-state index contributed by atoms with van der Waals surface area (Å²) in [6.45, 7) is 8.51. The second-order valence-corrected chi connectivity index (χ2v) is 8.99. The molecule has 4 unspecified atom stereocenters. The molecule has 2 aromatic rings. The third-order valence-electron chi connectivity index (χ3n) is 6.12. The first-order chi connectivity index (χ1) is 13.5. The third-order valence-corrected chi connectivity index (χ3v) is 6.41. The van der Waals surface area contributed by atoms with E-state index in [9.17, 15) is 0 Å². The van der Waals surface area contributed by atoms with Gasteiger partial charge in [-0.3, -0.25) is 9.58 Å².